The quantitative estimate of drug-likeness (QED) is 0.692. The largest absolute Gasteiger partial charge is 0.503 e. The summed E-state index contributed by atoms with van der Waals surface area (Å²) in [5, 5.41) is 17.0. The predicted molar refractivity (Wildman–Crippen MR) is 120 cm³/mol. The van der Waals surface area contributed by atoms with Crippen LogP contribution in [0.3, 0.4) is 0 Å². The molecule has 35 heavy (non-hydrogen) atoms. The van der Waals surface area contributed by atoms with Crippen LogP contribution in [-0.4, -0.2) is 50.8 Å². The summed E-state index contributed by atoms with van der Waals surface area (Å²) in [5.41, 5.74) is -2.49. The molecule has 2 amide bonds. The molecule has 4 heterocycles. The van der Waals surface area contributed by atoms with Crippen LogP contribution in [0, 0.1) is 18.6 Å². The Morgan fingerprint density at radius 1 is 1.31 bits per heavy atom. The van der Waals surface area contributed by atoms with E-state index in [-0.39, 0.29) is 23.8 Å². The van der Waals surface area contributed by atoms with Crippen molar-refractivity contribution in [3.63, 3.8) is 0 Å². The smallest absolute Gasteiger partial charge is 0.274 e. The van der Waals surface area contributed by atoms with Crippen LogP contribution in [0.1, 0.15) is 64.2 Å². The van der Waals surface area contributed by atoms with Crippen LogP contribution >= 0.6 is 0 Å². The van der Waals surface area contributed by atoms with E-state index >= 15 is 0 Å². The molecule has 0 aliphatic carbocycles. The van der Waals surface area contributed by atoms with E-state index in [1.807, 2.05) is 6.92 Å². The molecule has 2 N–H and O–H groups in total. The van der Waals surface area contributed by atoms with Crippen molar-refractivity contribution in [1.82, 2.24) is 14.8 Å². The van der Waals surface area contributed by atoms with Gasteiger partial charge in [-0.1, -0.05) is 5.16 Å². The topological polar surface area (TPSA) is 113 Å². The van der Waals surface area contributed by atoms with Crippen molar-refractivity contribution < 1.29 is 28.3 Å². The number of carbonyl (C=O) groups is 2. The molecule has 1 aromatic heterocycles. The number of nitrogens with one attached hydrogen (secondary N) is 1. The first kappa shape index (κ1) is 23.0. The fraction of sp³-hybridized carbons (Fsp3) is 0.417. The van der Waals surface area contributed by atoms with E-state index in [1.165, 1.54) is 17.7 Å². The molecule has 1 aromatic carbocycles. The van der Waals surface area contributed by atoms with Gasteiger partial charge in [0.25, 0.3) is 11.8 Å². The third kappa shape index (κ3) is 3.57. The van der Waals surface area contributed by atoms with Crippen molar-refractivity contribution in [1.29, 1.82) is 0 Å². The van der Waals surface area contributed by atoms with Gasteiger partial charge in [-0.15, -0.1) is 0 Å². The number of oxime groups is 1. The highest BCUT2D eigenvalue weighted by atomic mass is 19.1. The summed E-state index contributed by atoms with van der Waals surface area (Å²) in [6.07, 6.45) is 4.52. The molecule has 3 aliphatic heterocycles. The van der Waals surface area contributed by atoms with Crippen molar-refractivity contribution >= 4 is 18.0 Å². The van der Waals surface area contributed by atoms with Crippen LogP contribution in [0.25, 0.3) is 0 Å². The zero-order valence-electron chi connectivity index (χ0n) is 19.2. The fourth-order valence-electron chi connectivity index (χ4n) is 5.19. The van der Waals surface area contributed by atoms with Crippen molar-refractivity contribution in [3.8, 4) is 5.75 Å². The Labute approximate surface area is 199 Å². The number of nitrogens with zero attached hydrogens (tertiary/aromatic N) is 3. The van der Waals surface area contributed by atoms with Crippen LogP contribution in [0.2, 0.25) is 0 Å². The average Bonchev–Trinajstić information content (AvgIpc) is 3.24. The van der Waals surface area contributed by atoms with Gasteiger partial charge in [0.1, 0.15) is 17.2 Å². The normalized spacial score (nSPS) is 24.8. The maximum Gasteiger partial charge on any atom is 0.274 e. The molecule has 11 heteroatoms. The first-order chi connectivity index (χ1) is 16.6. The molecule has 1 fully saturated rings. The van der Waals surface area contributed by atoms with Crippen LogP contribution < -0.4 is 10.7 Å². The maximum atomic E-state index is 14.2. The molecule has 0 unspecified atom stereocenters. The van der Waals surface area contributed by atoms with E-state index in [9.17, 15) is 28.3 Å². The van der Waals surface area contributed by atoms with E-state index < -0.39 is 58.4 Å². The minimum atomic E-state index is -1.04. The molecular weight excluding hydrogens is 462 g/mol. The molecule has 3 aliphatic rings. The summed E-state index contributed by atoms with van der Waals surface area (Å²) < 4.78 is 29.8. The van der Waals surface area contributed by atoms with Crippen molar-refractivity contribution in [2.45, 2.75) is 57.3 Å². The summed E-state index contributed by atoms with van der Waals surface area (Å²) >= 11 is 0. The standard InChI is InChI=1S/C24H24F2N4O5/c1-12-7-16(25)14(17(26)8-12)9-27-22(33)15-10-30-18-11-29(23(34)19(30)21(32)20(15)31)13(2)3-4-24(18)5-6-28-35-24/h6-8,10,13,18,32H,3-5,9,11H2,1-2H3,(H,27,33)/t13-,18+,24-/m0/s1. The van der Waals surface area contributed by atoms with Crippen molar-refractivity contribution in [2.75, 3.05) is 6.54 Å². The molecule has 1 saturated heterocycles. The lowest BCUT2D eigenvalue weighted by atomic mass is 9.86. The molecule has 1 spiro atoms. The van der Waals surface area contributed by atoms with Crippen LogP contribution in [0.15, 0.2) is 28.3 Å². The van der Waals surface area contributed by atoms with Crippen LogP contribution in [0.5, 0.6) is 5.75 Å². The summed E-state index contributed by atoms with van der Waals surface area (Å²) in [7, 11) is 0. The number of aromatic nitrogens is 1. The molecule has 2 bridgehead atoms. The summed E-state index contributed by atoms with van der Waals surface area (Å²) in [6, 6.07) is 1.60. The van der Waals surface area contributed by atoms with Crippen molar-refractivity contribution in [2.24, 2.45) is 5.16 Å². The van der Waals surface area contributed by atoms with Gasteiger partial charge in [0.2, 0.25) is 5.43 Å². The number of pyridine rings is 1. The first-order valence-corrected chi connectivity index (χ1v) is 11.3. The monoisotopic (exact) mass is 486 g/mol. The van der Waals surface area contributed by atoms with Gasteiger partial charge in [0.15, 0.2) is 17.0 Å². The number of halogens is 2. The number of benzene rings is 1. The van der Waals surface area contributed by atoms with Gasteiger partial charge in [0.05, 0.1) is 6.04 Å². The highest BCUT2D eigenvalue weighted by Crippen LogP contribution is 2.45. The molecule has 0 radical (unpaired) electrons. The average molecular weight is 486 g/mol. The van der Waals surface area contributed by atoms with E-state index in [0.717, 1.165) is 12.1 Å². The molecule has 2 aromatic rings. The molecule has 5 rings (SSSR count). The Balaban J connectivity index is 1.54. The molecule has 0 saturated carbocycles. The Bertz CT molecular complexity index is 1310. The van der Waals surface area contributed by atoms with Gasteiger partial charge < -0.3 is 24.7 Å². The minimum absolute atomic E-state index is 0.154. The highest BCUT2D eigenvalue weighted by molar-refractivity contribution is 5.99. The molecule has 9 nitrogen and oxygen atoms in total. The third-order valence-corrected chi connectivity index (χ3v) is 7.21. The minimum Gasteiger partial charge on any atom is -0.503 e. The van der Waals surface area contributed by atoms with E-state index in [2.05, 4.69) is 10.5 Å². The van der Waals surface area contributed by atoms with Gasteiger partial charge in [-0.25, -0.2) is 8.78 Å². The Kier molecular flexibility index (Phi) is 5.37. The van der Waals surface area contributed by atoms with Crippen LogP contribution in [0.4, 0.5) is 8.78 Å². The Morgan fingerprint density at radius 3 is 2.69 bits per heavy atom. The molecular formula is C24H24F2N4O5. The number of aryl methyl sites for hydroxylation is 1. The van der Waals surface area contributed by atoms with Gasteiger partial charge in [-0.3, -0.25) is 14.4 Å². The van der Waals surface area contributed by atoms with E-state index in [0.29, 0.717) is 24.8 Å². The highest BCUT2D eigenvalue weighted by Gasteiger charge is 2.52. The van der Waals surface area contributed by atoms with Crippen molar-refractivity contribution in [3.05, 3.63) is 62.6 Å². The number of hydrogen-bond acceptors (Lipinski definition) is 6. The lowest BCUT2D eigenvalue weighted by Crippen LogP contribution is -2.52. The Morgan fingerprint density at radius 2 is 2.03 bits per heavy atom. The number of rotatable bonds is 3. The second kappa shape index (κ2) is 8.17. The van der Waals surface area contributed by atoms with Gasteiger partial charge in [-0.2, -0.15) is 0 Å². The lowest BCUT2D eigenvalue weighted by Gasteiger charge is -2.41. The van der Waals surface area contributed by atoms with Gasteiger partial charge >= 0.3 is 0 Å². The summed E-state index contributed by atoms with van der Waals surface area (Å²) in [5.74, 6) is -3.96. The lowest BCUT2D eigenvalue weighted by molar-refractivity contribution is -0.0655. The van der Waals surface area contributed by atoms with E-state index in [4.69, 9.17) is 4.84 Å². The summed E-state index contributed by atoms with van der Waals surface area (Å²) in [4.78, 5) is 46.4. The van der Waals surface area contributed by atoms with Gasteiger partial charge in [-0.05, 0) is 44.4 Å². The Hall–Kier alpha value is -3.76. The molecule has 3 atom stereocenters. The summed E-state index contributed by atoms with van der Waals surface area (Å²) in [6.45, 7) is 3.17. The number of hydrogen-bond donors (Lipinski definition) is 2. The first-order valence-electron chi connectivity index (χ1n) is 11.3. The second-order valence-electron chi connectivity index (χ2n) is 9.38. The van der Waals surface area contributed by atoms with E-state index in [1.54, 1.807) is 11.1 Å². The zero-order valence-corrected chi connectivity index (χ0v) is 19.2. The fourth-order valence-corrected chi connectivity index (χ4v) is 5.19. The zero-order chi connectivity index (χ0) is 25.1. The van der Waals surface area contributed by atoms with Gasteiger partial charge in [0, 0.05) is 43.5 Å². The molecule has 184 valence electrons. The number of amides is 2. The second-order valence-corrected chi connectivity index (χ2v) is 9.38. The third-order valence-electron chi connectivity index (χ3n) is 7.21. The number of carbonyl (C=O) groups excluding carboxylic acids is 2. The van der Waals surface area contributed by atoms with Crippen LogP contribution in [-0.2, 0) is 11.4 Å². The predicted octanol–water partition coefficient (Wildman–Crippen LogP) is 2.39. The number of fused-ring (bicyclic) bond motifs is 5. The number of aromatic hydroxyl groups is 1. The maximum absolute atomic E-state index is 14.2. The SMILES string of the molecule is Cc1cc(F)c(CNC(=O)c2cn3c(c(O)c2=O)C(=O)N2C[C@@H]3[C@@]3(CC=NO3)CC[C@@H]2C)c(F)c1.